The maximum Gasteiger partial charge on any atom is 0.416 e. The van der Waals surface area contributed by atoms with Crippen molar-refractivity contribution in [2.45, 2.75) is 11.1 Å². The maximum absolute atomic E-state index is 12.9. The number of fused-ring (bicyclic) bond motifs is 1. The van der Waals surface area contributed by atoms with Crippen LogP contribution in [0.1, 0.15) is 5.56 Å². The number of hydrogen-bond acceptors (Lipinski definition) is 5. The number of aromatic nitrogens is 3. The van der Waals surface area contributed by atoms with E-state index in [0.29, 0.717) is 12.1 Å². The molecule has 0 aliphatic rings. The molecule has 0 aliphatic carbocycles. The first kappa shape index (κ1) is 20.9. The van der Waals surface area contributed by atoms with Crippen LogP contribution in [-0.4, -0.2) is 22.5 Å². The van der Waals surface area contributed by atoms with E-state index in [0.717, 1.165) is 27.5 Å². The van der Waals surface area contributed by atoms with Gasteiger partial charge in [-0.1, -0.05) is 11.6 Å². The highest BCUT2D eigenvalue weighted by Crippen LogP contribution is 2.34. The van der Waals surface area contributed by atoms with Crippen LogP contribution in [0.2, 0.25) is 5.02 Å². The van der Waals surface area contributed by atoms with Crippen LogP contribution in [0.15, 0.2) is 44.9 Å². The van der Waals surface area contributed by atoms with Crippen LogP contribution in [0.5, 0.6) is 0 Å². The van der Waals surface area contributed by atoms with Crippen molar-refractivity contribution < 1.29 is 21.6 Å². The fourth-order valence-electron chi connectivity index (χ4n) is 2.62. The van der Waals surface area contributed by atoms with E-state index in [1.54, 1.807) is 0 Å². The van der Waals surface area contributed by atoms with Crippen molar-refractivity contribution in [3.8, 4) is 0 Å². The number of hydrogen-bond donors (Lipinski definition) is 1. The van der Waals surface area contributed by atoms with Crippen LogP contribution in [-0.2, 0) is 30.3 Å². The Kier molecular flexibility index (Phi) is 4.95. The predicted molar refractivity (Wildman–Crippen MR) is 99.5 cm³/mol. The van der Waals surface area contributed by atoms with Crippen molar-refractivity contribution in [3.63, 3.8) is 0 Å². The number of rotatable bonds is 3. The van der Waals surface area contributed by atoms with E-state index in [-0.39, 0.29) is 16.7 Å². The molecular weight excluding hydrogens is 437 g/mol. The first-order chi connectivity index (χ1) is 13.3. The van der Waals surface area contributed by atoms with E-state index in [9.17, 15) is 31.2 Å². The molecule has 29 heavy (non-hydrogen) atoms. The molecule has 154 valence electrons. The zero-order valence-electron chi connectivity index (χ0n) is 14.8. The number of nitrogens with one attached hydrogen (secondary N) is 1. The molecule has 0 atom stereocenters. The fraction of sp³-hybridized carbons (Fsp3) is 0.188. The van der Waals surface area contributed by atoms with Crippen molar-refractivity contribution in [1.29, 1.82) is 0 Å². The lowest BCUT2D eigenvalue weighted by molar-refractivity contribution is -0.137. The molecule has 13 heteroatoms. The average molecular weight is 449 g/mol. The molecular formula is C16H12ClF3N4O4S. The summed E-state index contributed by atoms with van der Waals surface area (Å²) in [5, 5.41) is -0.484. The van der Waals surface area contributed by atoms with Crippen molar-refractivity contribution in [3.05, 3.63) is 61.9 Å². The summed E-state index contributed by atoms with van der Waals surface area (Å²) in [6.07, 6.45) is -3.74. The van der Waals surface area contributed by atoms with Gasteiger partial charge >= 0.3 is 11.9 Å². The van der Waals surface area contributed by atoms with E-state index < -0.39 is 42.9 Å². The lowest BCUT2D eigenvalue weighted by atomic mass is 10.2. The highest BCUT2D eigenvalue weighted by molar-refractivity contribution is 7.92. The zero-order valence-corrected chi connectivity index (χ0v) is 16.4. The second-order valence-corrected chi connectivity index (χ2v) is 8.11. The summed E-state index contributed by atoms with van der Waals surface area (Å²) in [6.45, 7) is 0. The monoisotopic (exact) mass is 448 g/mol. The van der Waals surface area contributed by atoms with Crippen LogP contribution in [0.3, 0.4) is 0 Å². The second kappa shape index (κ2) is 6.88. The number of anilines is 1. The van der Waals surface area contributed by atoms with Crippen LogP contribution < -0.4 is 16.0 Å². The number of nitrogens with zero attached hydrogens (tertiary/aromatic N) is 3. The van der Waals surface area contributed by atoms with Gasteiger partial charge in [-0.05, 0) is 24.3 Å². The third kappa shape index (κ3) is 3.72. The van der Waals surface area contributed by atoms with E-state index in [4.69, 9.17) is 11.6 Å². The molecule has 0 unspecified atom stereocenters. The largest absolute Gasteiger partial charge is 0.416 e. The molecule has 8 nitrogen and oxygen atoms in total. The van der Waals surface area contributed by atoms with Gasteiger partial charge in [-0.15, -0.1) is 0 Å². The summed E-state index contributed by atoms with van der Waals surface area (Å²) >= 11 is 5.78. The van der Waals surface area contributed by atoms with Gasteiger partial charge in [0.1, 0.15) is 10.5 Å². The normalized spacial score (nSPS) is 12.3. The fourth-order valence-corrected chi connectivity index (χ4v) is 4.18. The van der Waals surface area contributed by atoms with E-state index in [1.807, 2.05) is 4.72 Å². The van der Waals surface area contributed by atoms with Crippen molar-refractivity contribution in [2.24, 2.45) is 14.1 Å². The van der Waals surface area contributed by atoms with Gasteiger partial charge in [0.05, 0.1) is 27.9 Å². The summed E-state index contributed by atoms with van der Waals surface area (Å²) in [5.41, 5.74) is -2.71. The van der Waals surface area contributed by atoms with Gasteiger partial charge in [0.25, 0.3) is 15.6 Å². The SMILES string of the molecule is Cn1c(=O)c2cc(NS(=O)(=O)c3cc(C(F)(F)F)ccc3Cl)cnc2n(C)c1=O. The highest BCUT2D eigenvalue weighted by atomic mass is 35.5. The Hall–Kier alpha value is -2.86. The summed E-state index contributed by atoms with van der Waals surface area (Å²) in [7, 11) is -1.92. The van der Waals surface area contributed by atoms with Gasteiger partial charge in [-0.2, -0.15) is 13.2 Å². The Balaban J connectivity index is 2.12. The number of pyridine rings is 1. The van der Waals surface area contributed by atoms with Gasteiger partial charge in [-0.25, -0.2) is 18.2 Å². The minimum absolute atomic E-state index is 0.0122. The third-order valence-corrected chi connectivity index (χ3v) is 5.96. The van der Waals surface area contributed by atoms with Gasteiger partial charge in [0.2, 0.25) is 0 Å². The molecule has 0 spiro atoms. The maximum atomic E-state index is 12.9. The average Bonchev–Trinajstić information content (AvgIpc) is 2.63. The Labute approximate surface area is 166 Å². The van der Waals surface area contributed by atoms with E-state index >= 15 is 0 Å². The Morgan fingerprint density at radius 2 is 1.76 bits per heavy atom. The summed E-state index contributed by atoms with van der Waals surface area (Å²) in [4.78, 5) is 27.3. The minimum atomic E-state index is -4.77. The Morgan fingerprint density at radius 1 is 1.10 bits per heavy atom. The van der Waals surface area contributed by atoms with Crippen LogP contribution in [0.4, 0.5) is 18.9 Å². The first-order valence-corrected chi connectivity index (χ1v) is 9.64. The lowest BCUT2D eigenvalue weighted by Gasteiger charge is -2.13. The van der Waals surface area contributed by atoms with Crippen molar-refractivity contribution in [2.75, 3.05) is 4.72 Å². The molecule has 3 rings (SSSR count). The molecule has 0 bridgehead atoms. The smallest absolute Gasteiger partial charge is 0.280 e. The van der Waals surface area contributed by atoms with Gasteiger partial charge in [0.15, 0.2) is 0 Å². The van der Waals surface area contributed by atoms with Crippen LogP contribution >= 0.6 is 11.6 Å². The number of halogens is 4. The highest BCUT2D eigenvalue weighted by Gasteiger charge is 2.32. The molecule has 0 fully saturated rings. The van der Waals surface area contributed by atoms with Crippen molar-refractivity contribution in [1.82, 2.24) is 14.1 Å². The third-order valence-electron chi connectivity index (χ3n) is 4.09. The first-order valence-electron chi connectivity index (χ1n) is 7.78. The second-order valence-electron chi connectivity index (χ2n) is 6.05. The molecule has 0 amide bonds. The molecule has 0 aliphatic heterocycles. The summed E-state index contributed by atoms with van der Waals surface area (Å²) in [6, 6.07) is 3.01. The minimum Gasteiger partial charge on any atom is -0.280 e. The molecule has 1 aromatic carbocycles. The van der Waals surface area contributed by atoms with Gasteiger partial charge in [-0.3, -0.25) is 18.7 Å². The van der Waals surface area contributed by atoms with E-state index in [1.165, 1.54) is 14.1 Å². The molecule has 3 aromatic rings. The molecule has 0 saturated carbocycles. The topological polar surface area (TPSA) is 103 Å². The number of sulfonamides is 1. The molecule has 2 heterocycles. The number of aryl methyl sites for hydroxylation is 1. The quantitative estimate of drug-likeness (QED) is 0.661. The molecule has 0 radical (unpaired) electrons. The van der Waals surface area contributed by atoms with Crippen LogP contribution in [0, 0.1) is 0 Å². The Bertz CT molecular complexity index is 1360. The Morgan fingerprint density at radius 3 is 2.38 bits per heavy atom. The molecule has 2 aromatic heterocycles. The number of benzene rings is 1. The van der Waals surface area contributed by atoms with Gasteiger partial charge in [0, 0.05) is 14.1 Å². The molecule has 1 N–H and O–H groups in total. The summed E-state index contributed by atoms with van der Waals surface area (Å²) in [5.74, 6) is 0. The molecule has 0 saturated heterocycles. The standard InChI is InChI=1S/C16H12ClF3N4O4S/c1-23-13-10(14(25)24(2)15(23)26)6-9(7-21-13)22-29(27,28)12-5-8(16(18,19)20)3-4-11(12)17/h3-7,22H,1-2H3. The number of alkyl halides is 3. The zero-order chi connectivity index (χ0) is 21.7. The van der Waals surface area contributed by atoms with E-state index in [2.05, 4.69) is 4.98 Å². The van der Waals surface area contributed by atoms with Crippen molar-refractivity contribution >= 4 is 38.3 Å². The predicted octanol–water partition coefficient (Wildman–Crippen LogP) is 2.11. The van der Waals surface area contributed by atoms with Gasteiger partial charge < -0.3 is 0 Å². The van der Waals surface area contributed by atoms with Crippen LogP contribution in [0.25, 0.3) is 11.0 Å². The summed E-state index contributed by atoms with van der Waals surface area (Å²) < 4.78 is 67.8. The lowest BCUT2D eigenvalue weighted by Crippen LogP contribution is -2.37.